The molecule has 114 valence electrons. The van der Waals surface area contributed by atoms with Gasteiger partial charge < -0.3 is 10.5 Å². The van der Waals surface area contributed by atoms with Gasteiger partial charge in [-0.25, -0.2) is 0 Å². The Morgan fingerprint density at radius 2 is 2.10 bits per heavy atom. The zero-order valence-electron chi connectivity index (χ0n) is 13.2. The topological polar surface area (TPSA) is 56.3 Å². The maximum Gasteiger partial charge on any atom is 0.0898 e. The summed E-state index contributed by atoms with van der Waals surface area (Å²) in [5.74, 6) is 0. The Labute approximate surface area is 122 Å². The van der Waals surface area contributed by atoms with Gasteiger partial charge in [-0.3, -0.25) is 9.58 Å². The van der Waals surface area contributed by atoms with Gasteiger partial charge in [-0.05, 0) is 26.7 Å². The van der Waals surface area contributed by atoms with Crippen LogP contribution < -0.4 is 5.73 Å². The Hall–Kier alpha value is -1.07. The molecule has 1 aromatic heterocycles. The third-order valence-electron chi connectivity index (χ3n) is 4.12. The van der Waals surface area contributed by atoms with Gasteiger partial charge in [-0.2, -0.15) is 5.10 Å². The third-order valence-corrected chi connectivity index (χ3v) is 4.12. The number of nitrogens with two attached hydrogens (primary N) is 1. The lowest BCUT2D eigenvalue weighted by atomic mass is 10.2. The smallest absolute Gasteiger partial charge is 0.0898 e. The quantitative estimate of drug-likeness (QED) is 0.892. The van der Waals surface area contributed by atoms with Gasteiger partial charge in [0.05, 0.1) is 36.3 Å². The van der Waals surface area contributed by atoms with Crippen LogP contribution in [0.2, 0.25) is 0 Å². The van der Waals surface area contributed by atoms with Crippen LogP contribution in [0.3, 0.4) is 0 Å². The van der Waals surface area contributed by atoms with Gasteiger partial charge in [0, 0.05) is 19.1 Å². The maximum atomic E-state index is 6.17. The molecular formula is C15H28N4O. The molecule has 1 unspecified atom stereocenters. The highest BCUT2D eigenvalue weighted by Crippen LogP contribution is 2.20. The second-order valence-electron chi connectivity index (χ2n) is 5.78. The van der Waals surface area contributed by atoms with Crippen molar-refractivity contribution >= 4 is 5.69 Å². The highest BCUT2D eigenvalue weighted by atomic mass is 16.5. The molecule has 0 spiro atoms. The van der Waals surface area contributed by atoms with Crippen molar-refractivity contribution in [2.75, 3.05) is 25.4 Å². The summed E-state index contributed by atoms with van der Waals surface area (Å²) in [6.07, 6.45) is 2.01. The highest BCUT2D eigenvalue weighted by molar-refractivity contribution is 5.48. The normalized spacial score (nSPS) is 20.8. The molecule has 1 saturated heterocycles. The first kappa shape index (κ1) is 15.3. The molecule has 1 atom stereocenters. The molecule has 0 saturated carbocycles. The lowest BCUT2D eigenvalue weighted by molar-refractivity contribution is -0.0472. The van der Waals surface area contributed by atoms with Crippen molar-refractivity contribution in [3.8, 4) is 0 Å². The van der Waals surface area contributed by atoms with Crippen LogP contribution in [0.1, 0.15) is 39.1 Å². The number of anilines is 1. The van der Waals surface area contributed by atoms with Crippen molar-refractivity contribution in [1.29, 1.82) is 0 Å². The van der Waals surface area contributed by atoms with E-state index in [0.29, 0.717) is 6.04 Å². The fraction of sp³-hybridized carbons (Fsp3) is 0.800. The van der Waals surface area contributed by atoms with E-state index in [0.717, 1.165) is 56.2 Å². The predicted octanol–water partition coefficient (Wildman–Crippen LogP) is 1.70. The minimum atomic E-state index is 0.209. The van der Waals surface area contributed by atoms with Crippen LogP contribution in [-0.2, 0) is 24.1 Å². The fourth-order valence-corrected chi connectivity index (χ4v) is 2.87. The van der Waals surface area contributed by atoms with Gasteiger partial charge in [-0.1, -0.05) is 13.8 Å². The zero-order chi connectivity index (χ0) is 14.7. The van der Waals surface area contributed by atoms with E-state index >= 15 is 0 Å². The molecule has 5 heteroatoms. The summed E-state index contributed by atoms with van der Waals surface area (Å²) in [4.78, 5) is 2.47. The van der Waals surface area contributed by atoms with E-state index in [2.05, 4.69) is 42.4 Å². The van der Waals surface area contributed by atoms with E-state index in [1.165, 1.54) is 0 Å². The standard InChI is InChI=1S/C15H28N4O/c1-5-13-15(16)14(6-2)19(17-13)10-12-9-18(11(3)4)7-8-20-12/h11-12H,5-10,16H2,1-4H3. The first-order chi connectivity index (χ1) is 9.56. The van der Waals surface area contributed by atoms with E-state index in [1.807, 2.05) is 0 Å². The molecule has 0 amide bonds. The summed E-state index contributed by atoms with van der Waals surface area (Å²) >= 11 is 0. The molecule has 1 aliphatic heterocycles. The van der Waals surface area contributed by atoms with Crippen LogP contribution in [-0.4, -0.2) is 46.5 Å². The minimum Gasteiger partial charge on any atom is -0.396 e. The molecule has 0 radical (unpaired) electrons. The molecule has 1 aromatic rings. The monoisotopic (exact) mass is 280 g/mol. The zero-order valence-corrected chi connectivity index (χ0v) is 13.2. The van der Waals surface area contributed by atoms with E-state index < -0.39 is 0 Å². The van der Waals surface area contributed by atoms with Crippen molar-refractivity contribution < 1.29 is 4.74 Å². The number of hydrogen-bond donors (Lipinski definition) is 1. The lowest BCUT2D eigenvalue weighted by Crippen LogP contribution is -2.47. The van der Waals surface area contributed by atoms with E-state index in [9.17, 15) is 0 Å². The summed E-state index contributed by atoms with van der Waals surface area (Å²) in [5, 5.41) is 4.66. The molecular weight excluding hydrogens is 252 g/mol. The summed E-state index contributed by atoms with van der Waals surface area (Å²) in [6, 6.07) is 0.570. The van der Waals surface area contributed by atoms with Crippen LogP contribution in [0.25, 0.3) is 0 Å². The van der Waals surface area contributed by atoms with E-state index in [-0.39, 0.29) is 6.10 Å². The first-order valence-corrected chi connectivity index (χ1v) is 7.76. The Kier molecular flexibility index (Phi) is 5.05. The van der Waals surface area contributed by atoms with Gasteiger partial charge >= 0.3 is 0 Å². The summed E-state index contributed by atoms with van der Waals surface area (Å²) in [5.41, 5.74) is 9.20. The van der Waals surface area contributed by atoms with Crippen LogP contribution >= 0.6 is 0 Å². The summed E-state index contributed by atoms with van der Waals surface area (Å²) in [6.45, 7) is 12.3. The van der Waals surface area contributed by atoms with Gasteiger partial charge in [0.15, 0.2) is 0 Å². The molecule has 1 aliphatic rings. The number of ether oxygens (including phenoxy) is 1. The molecule has 2 heterocycles. The number of morpholine rings is 1. The molecule has 1 fully saturated rings. The van der Waals surface area contributed by atoms with Crippen LogP contribution in [0.4, 0.5) is 5.69 Å². The molecule has 5 nitrogen and oxygen atoms in total. The van der Waals surface area contributed by atoms with Crippen LogP contribution in [0.5, 0.6) is 0 Å². The molecule has 20 heavy (non-hydrogen) atoms. The van der Waals surface area contributed by atoms with Gasteiger partial charge in [-0.15, -0.1) is 0 Å². The average Bonchev–Trinajstić information content (AvgIpc) is 2.74. The Morgan fingerprint density at radius 1 is 1.35 bits per heavy atom. The highest BCUT2D eigenvalue weighted by Gasteiger charge is 2.24. The lowest BCUT2D eigenvalue weighted by Gasteiger charge is -2.35. The largest absolute Gasteiger partial charge is 0.396 e. The van der Waals surface area contributed by atoms with Crippen LogP contribution in [0, 0.1) is 0 Å². The van der Waals surface area contributed by atoms with Gasteiger partial charge in [0.25, 0.3) is 0 Å². The van der Waals surface area contributed by atoms with Crippen molar-refractivity contribution in [2.45, 2.75) is 59.2 Å². The Balaban J connectivity index is 2.09. The maximum absolute atomic E-state index is 6.17. The number of nitrogen functional groups attached to an aromatic ring is 1. The number of hydrogen-bond acceptors (Lipinski definition) is 4. The van der Waals surface area contributed by atoms with E-state index in [4.69, 9.17) is 10.5 Å². The van der Waals surface area contributed by atoms with Crippen molar-refractivity contribution in [3.63, 3.8) is 0 Å². The minimum absolute atomic E-state index is 0.209. The van der Waals surface area contributed by atoms with Crippen LogP contribution in [0.15, 0.2) is 0 Å². The van der Waals surface area contributed by atoms with Gasteiger partial charge in [0.1, 0.15) is 0 Å². The fourth-order valence-electron chi connectivity index (χ4n) is 2.87. The predicted molar refractivity (Wildman–Crippen MR) is 81.8 cm³/mol. The first-order valence-electron chi connectivity index (χ1n) is 7.76. The van der Waals surface area contributed by atoms with Gasteiger partial charge in [0.2, 0.25) is 0 Å². The molecule has 0 aliphatic carbocycles. The number of aryl methyl sites for hydroxylation is 1. The number of rotatable bonds is 5. The van der Waals surface area contributed by atoms with Crippen molar-refractivity contribution in [2.24, 2.45) is 0 Å². The van der Waals surface area contributed by atoms with Crippen molar-refractivity contribution in [1.82, 2.24) is 14.7 Å². The average molecular weight is 280 g/mol. The second-order valence-corrected chi connectivity index (χ2v) is 5.78. The molecule has 0 bridgehead atoms. The summed E-state index contributed by atoms with van der Waals surface area (Å²) in [7, 11) is 0. The SMILES string of the molecule is CCc1nn(CC2CN(C(C)C)CCO2)c(CC)c1N. The third kappa shape index (κ3) is 3.15. The second kappa shape index (κ2) is 6.59. The number of aromatic nitrogens is 2. The van der Waals surface area contributed by atoms with Crippen molar-refractivity contribution in [3.05, 3.63) is 11.4 Å². The Morgan fingerprint density at radius 3 is 2.70 bits per heavy atom. The molecule has 0 aromatic carbocycles. The summed E-state index contributed by atoms with van der Waals surface area (Å²) < 4.78 is 7.96. The number of nitrogens with zero attached hydrogens (tertiary/aromatic N) is 3. The Bertz CT molecular complexity index is 441. The van der Waals surface area contributed by atoms with E-state index in [1.54, 1.807) is 0 Å². The molecule has 2 N–H and O–H groups in total. The molecule has 2 rings (SSSR count).